The summed E-state index contributed by atoms with van der Waals surface area (Å²) in [6, 6.07) is 5.05. The molecule has 0 saturated heterocycles. The molecule has 1 aromatic carbocycles. The van der Waals surface area contributed by atoms with Crippen LogP contribution in [0.1, 0.15) is 58.1 Å². The lowest BCUT2D eigenvalue weighted by Crippen LogP contribution is -2.51. The molecule has 21 heavy (non-hydrogen) atoms. The Labute approximate surface area is 129 Å². The van der Waals surface area contributed by atoms with Gasteiger partial charge in [-0.25, -0.2) is 0 Å². The topological polar surface area (TPSA) is 24.5 Å². The van der Waals surface area contributed by atoms with Crippen LogP contribution in [0.15, 0.2) is 12.1 Å². The number of anilines is 1. The van der Waals surface area contributed by atoms with E-state index in [2.05, 4.69) is 57.0 Å². The van der Waals surface area contributed by atoms with Crippen LogP contribution in [-0.2, 0) is 6.54 Å². The van der Waals surface area contributed by atoms with Crippen LogP contribution < -0.4 is 15.0 Å². The number of benzene rings is 1. The fourth-order valence-corrected chi connectivity index (χ4v) is 4.02. The van der Waals surface area contributed by atoms with Gasteiger partial charge in [0.15, 0.2) is 0 Å². The third-order valence-electron chi connectivity index (χ3n) is 4.56. The number of fused-ring (bicyclic) bond motifs is 1. The first-order chi connectivity index (χ1) is 9.81. The summed E-state index contributed by atoms with van der Waals surface area (Å²) in [6.07, 6.45) is 1.18. The van der Waals surface area contributed by atoms with Crippen LogP contribution in [0.5, 0.6) is 5.75 Å². The predicted octanol–water partition coefficient (Wildman–Crippen LogP) is 3.92. The summed E-state index contributed by atoms with van der Waals surface area (Å²) in [7, 11) is 3.74. The molecule has 3 nitrogen and oxygen atoms in total. The monoisotopic (exact) mass is 290 g/mol. The Hall–Kier alpha value is -1.22. The number of ether oxygens (including phenoxy) is 1. The highest BCUT2D eigenvalue weighted by molar-refractivity contribution is 5.64. The van der Waals surface area contributed by atoms with Gasteiger partial charge < -0.3 is 15.0 Å². The van der Waals surface area contributed by atoms with Crippen molar-refractivity contribution in [1.82, 2.24) is 5.32 Å². The van der Waals surface area contributed by atoms with Crippen LogP contribution >= 0.6 is 0 Å². The summed E-state index contributed by atoms with van der Waals surface area (Å²) >= 11 is 0. The van der Waals surface area contributed by atoms with Crippen molar-refractivity contribution >= 4 is 5.69 Å². The first-order valence-corrected chi connectivity index (χ1v) is 7.96. The second-order valence-electron chi connectivity index (χ2n) is 7.13. The highest BCUT2D eigenvalue weighted by atomic mass is 16.5. The zero-order valence-electron chi connectivity index (χ0n) is 14.6. The molecule has 1 aliphatic heterocycles. The second kappa shape index (κ2) is 5.88. The lowest BCUT2D eigenvalue weighted by molar-refractivity contribution is 0.353. The van der Waals surface area contributed by atoms with Crippen LogP contribution in [0, 0.1) is 0 Å². The Morgan fingerprint density at radius 1 is 1.38 bits per heavy atom. The fraction of sp³-hybridized carbons (Fsp3) is 0.667. The Bertz CT molecular complexity index is 508. The van der Waals surface area contributed by atoms with E-state index in [0.717, 1.165) is 12.3 Å². The number of rotatable bonds is 4. The molecule has 118 valence electrons. The van der Waals surface area contributed by atoms with Crippen LogP contribution in [0.3, 0.4) is 0 Å². The van der Waals surface area contributed by atoms with Gasteiger partial charge in [-0.15, -0.1) is 0 Å². The molecule has 0 aromatic heterocycles. The number of hydrogen-bond acceptors (Lipinski definition) is 3. The maximum absolute atomic E-state index is 5.63. The average molecular weight is 290 g/mol. The van der Waals surface area contributed by atoms with E-state index in [-0.39, 0.29) is 5.54 Å². The van der Waals surface area contributed by atoms with E-state index < -0.39 is 0 Å². The van der Waals surface area contributed by atoms with E-state index in [0.29, 0.717) is 12.0 Å². The van der Waals surface area contributed by atoms with Gasteiger partial charge in [0.1, 0.15) is 5.75 Å². The maximum atomic E-state index is 5.63. The van der Waals surface area contributed by atoms with Crippen molar-refractivity contribution in [3.05, 3.63) is 23.3 Å². The minimum atomic E-state index is 0.177. The summed E-state index contributed by atoms with van der Waals surface area (Å²) < 4.78 is 5.63. The standard InChI is InChI=1S/C18H30N2O/c1-12(2)20-16-9-17(21-7)14(11-19-6)8-15(16)13(3)10-18(20,4)5/h8-9,12-13,19H,10-11H2,1-7H3. The number of nitrogens with one attached hydrogen (secondary N) is 1. The fourth-order valence-electron chi connectivity index (χ4n) is 4.02. The molecular formula is C18H30N2O. The van der Waals surface area contributed by atoms with E-state index in [1.807, 2.05) is 7.05 Å². The van der Waals surface area contributed by atoms with Crippen LogP contribution in [0.4, 0.5) is 5.69 Å². The lowest BCUT2D eigenvalue weighted by atomic mass is 9.78. The number of nitrogens with zero attached hydrogens (tertiary/aromatic N) is 1. The summed E-state index contributed by atoms with van der Waals surface area (Å²) in [5, 5.41) is 3.24. The lowest BCUT2D eigenvalue weighted by Gasteiger charge is -2.50. The van der Waals surface area contributed by atoms with Gasteiger partial charge in [0, 0.05) is 35.4 Å². The summed E-state index contributed by atoms with van der Waals surface area (Å²) in [4.78, 5) is 2.55. The predicted molar refractivity (Wildman–Crippen MR) is 90.5 cm³/mol. The van der Waals surface area contributed by atoms with Gasteiger partial charge in [-0.2, -0.15) is 0 Å². The van der Waals surface area contributed by atoms with Gasteiger partial charge >= 0.3 is 0 Å². The van der Waals surface area contributed by atoms with Crippen molar-refractivity contribution in [2.45, 2.75) is 65.1 Å². The normalized spacial score (nSPS) is 20.6. The SMILES string of the molecule is CNCc1cc2c(cc1OC)N(C(C)C)C(C)(C)CC2C. The molecule has 1 heterocycles. The van der Waals surface area contributed by atoms with Crippen LogP contribution in [-0.4, -0.2) is 25.7 Å². The van der Waals surface area contributed by atoms with E-state index in [1.165, 1.54) is 23.2 Å². The van der Waals surface area contributed by atoms with Crippen LogP contribution in [0.25, 0.3) is 0 Å². The van der Waals surface area contributed by atoms with E-state index in [9.17, 15) is 0 Å². The molecule has 0 fully saturated rings. The Balaban J connectivity index is 2.60. The molecule has 1 atom stereocenters. The first kappa shape index (κ1) is 16.2. The smallest absolute Gasteiger partial charge is 0.125 e. The van der Waals surface area contributed by atoms with Gasteiger partial charge in [-0.3, -0.25) is 0 Å². The molecule has 0 spiro atoms. The molecule has 1 aliphatic rings. The van der Waals surface area contributed by atoms with Gasteiger partial charge in [0.25, 0.3) is 0 Å². The zero-order valence-corrected chi connectivity index (χ0v) is 14.6. The molecular weight excluding hydrogens is 260 g/mol. The minimum absolute atomic E-state index is 0.177. The first-order valence-electron chi connectivity index (χ1n) is 7.96. The van der Waals surface area contributed by atoms with Crippen molar-refractivity contribution in [3.63, 3.8) is 0 Å². The third-order valence-corrected chi connectivity index (χ3v) is 4.56. The second-order valence-corrected chi connectivity index (χ2v) is 7.13. The minimum Gasteiger partial charge on any atom is -0.496 e. The highest BCUT2D eigenvalue weighted by Gasteiger charge is 2.38. The zero-order chi connectivity index (χ0) is 15.8. The van der Waals surface area contributed by atoms with E-state index in [1.54, 1.807) is 7.11 Å². The molecule has 1 N–H and O–H groups in total. The quantitative estimate of drug-likeness (QED) is 0.909. The molecule has 0 amide bonds. The molecule has 0 aliphatic carbocycles. The summed E-state index contributed by atoms with van der Waals surface area (Å²) in [5.41, 5.74) is 4.21. The summed E-state index contributed by atoms with van der Waals surface area (Å²) in [5.74, 6) is 1.56. The molecule has 0 bridgehead atoms. The van der Waals surface area contributed by atoms with Gasteiger partial charge in [0.05, 0.1) is 7.11 Å². The van der Waals surface area contributed by atoms with Gasteiger partial charge in [0.2, 0.25) is 0 Å². The Morgan fingerprint density at radius 2 is 2.05 bits per heavy atom. The van der Waals surface area contributed by atoms with Crippen molar-refractivity contribution in [1.29, 1.82) is 0 Å². The molecule has 1 aromatic rings. The van der Waals surface area contributed by atoms with E-state index in [4.69, 9.17) is 4.74 Å². The number of methoxy groups -OCH3 is 1. The molecule has 2 rings (SSSR count). The third kappa shape index (κ3) is 2.89. The number of hydrogen-bond donors (Lipinski definition) is 1. The summed E-state index contributed by atoms with van der Waals surface area (Å²) in [6.45, 7) is 12.4. The largest absolute Gasteiger partial charge is 0.496 e. The van der Waals surface area contributed by atoms with Crippen molar-refractivity contribution < 1.29 is 4.74 Å². The van der Waals surface area contributed by atoms with Gasteiger partial charge in [-0.1, -0.05) is 6.92 Å². The van der Waals surface area contributed by atoms with Crippen LogP contribution in [0.2, 0.25) is 0 Å². The molecule has 3 heteroatoms. The Morgan fingerprint density at radius 3 is 2.57 bits per heavy atom. The molecule has 0 saturated carbocycles. The molecule has 1 unspecified atom stereocenters. The maximum Gasteiger partial charge on any atom is 0.125 e. The Kier molecular flexibility index (Phi) is 4.52. The molecule has 0 radical (unpaired) electrons. The van der Waals surface area contributed by atoms with Crippen molar-refractivity contribution in [2.75, 3.05) is 19.1 Å². The average Bonchev–Trinajstić information content (AvgIpc) is 2.37. The van der Waals surface area contributed by atoms with Crippen molar-refractivity contribution in [3.8, 4) is 5.75 Å². The van der Waals surface area contributed by atoms with Crippen molar-refractivity contribution in [2.24, 2.45) is 0 Å². The van der Waals surface area contributed by atoms with Gasteiger partial charge in [-0.05, 0) is 58.7 Å². The highest BCUT2D eigenvalue weighted by Crippen LogP contribution is 2.46. The van der Waals surface area contributed by atoms with E-state index >= 15 is 0 Å².